The lowest BCUT2D eigenvalue weighted by Gasteiger charge is -2.29. The first-order valence-electron chi connectivity index (χ1n) is 10.6. The number of carbonyl (C=O) groups excluding carboxylic acids is 2. The quantitative estimate of drug-likeness (QED) is 0.436. The van der Waals surface area contributed by atoms with E-state index in [1.54, 1.807) is 56.5 Å². The zero-order valence-electron chi connectivity index (χ0n) is 18.7. The van der Waals surface area contributed by atoms with Crippen LogP contribution in [0.4, 0.5) is 10.5 Å². The van der Waals surface area contributed by atoms with Gasteiger partial charge in [-0.15, -0.1) is 0 Å². The van der Waals surface area contributed by atoms with Crippen molar-refractivity contribution in [1.29, 1.82) is 0 Å². The molecule has 0 aromatic heterocycles. The minimum Gasteiger partial charge on any atom is -0.493 e. The smallest absolute Gasteiger partial charge is 0.319 e. The Labute approximate surface area is 202 Å². The van der Waals surface area contributed by atoms with Crippen LogP contribution >= 0.6 is 11.6 Å². The number of urea groups is 1. The molecule has 0 saturated carbocycles. The van der Waals surface area contributed by atoms with E-state index in [1.165, 1.54) is 0 Å². The molecular weight excluding hydrogens is 454 g/mol. The summed E-state index contributed by atoms with van der Waals surface area (Å²) < 4.78 is 11.5. The third-order valence-corrected chi connectivity index (χ3v) is 5.63. The zero-order valence-corrected chi connectivity index (χ0v) is 19.5. The highest BCUT2D eigenvalue weighted by atomic mass is 35.5. The Balaban J connectivity index is 1.59. The number of methoxy groups -OCH3 is 1. The van der Waals surface area contributed by atoms with Gasteiger partial charge < -0.3 is 25.4 Å². The van der Waals surface area contributed by atoms with E-state index in [0.717, 1.165) is 5.56 Å². The highest BCUT2D eigenvalue weighted by Crippen LogP contribution is 2.35. The van der Waals surface area contributed by atoms with Crippen LogP contribution < -0.4 is 25.4 Å². The van der Waals surface area contributed by atoms with Crippen molar-refractivity contribution in [3.8, 4) is 11.5 Å². The standard InChI is InChI=1S/C26H24ClN3O4/c1-16-23(25(31)29-20-6-4-3-5-7-20)24(30-26(32)28-16)18-10-13-21(22(14-18)33-2)34-15-17-8-11-19(27)12-9-17/h3-14,24H,15H2,1-2H3,(H,29,31)(H2,28,30,32)/t24-/m1/s1. The van der Waals surface area contributed by atoms with Crippen molar-refractivity contribution in [2.24, 2.45) is 0 Å². The molecule has 0 saturated heterocycles. The highest BCUT2D eigenvalue weighted by molar-refractivity contribution is 6.30. The molecule has 1 heterocycles. The summed E-state index contributed by atoms with van der Waals surface area (Å²) in [7, 11) is 1.54. The molecule has 3 aromatic rings. The van der Waals surface area contributed by atoms with Crippen LogP contribution in [0.25, 0.3) is 0 Å². The maximum Gasteiger partial charge on any atom is 0.319 e. The molecule has 1 atom stereocenters. The molecule has 3 aromatic carbocycles. The number of allylic oxidation sites excluding steroid dienone is 1. The number of hydrogen-bond donors (Lipinski definition) is 3. The molecule has 7 nitrogen and oxygen atoms in total. The van der Waals surface area contributed by atoms with E-state index < -0.39 is 6.04 Å². The Hall–Kier alpha value is -3.97. The number of anilines is 1. The first-order chi connectivity index (χ1) is 16.4. The number of amides is 3. The van der Waals surface area contributed by atoms with Crippen molar-refractivity contribution in [2.75, 3.05) is 12.4 Å². The summed E-state index contributed by atoms with van der Waals surface area (Å²) >= 11 is 5.94. The lowest BCUT2D eigenvalue weighted by atomic mass is 9.94. The minimum absolute atomic E-state index is 0.316. The van der Waals surface area contributed by atoms with Gasteiger partial charge in [0.15, 0.2) is 11.5 Å². The summed E-state index contributed by atoms with van der Waals surface area (Å²) in [6.45, 7) is 2.03. The fourth-order valence-corrected chi connectivity index (χ4v) is 3.82. The van der Waals surface area contributed by atoms with Gasteiger partial charge in [-0.05, 0) is 54.4 Å². The van der Waals surface area contributed by atoms with E-state index in [0.29, 0.717) is 45.6 Å². The number of halogens is 1. The fraction of sp³-hybridized carbons (Fsp3) is 0.154. The Bertz CT molecular complexity index is 1230. The van der Waals surface area contributed by atoms with E-state index in [2.05, 4.69) is 16.0 Å². The lowest BCUT2D eigenvalue weighted by Crippen LogP contribution is -2.45. The fourth-order valence-electron chi connectivity index (χ4n) is 3.69. The van der Waals surface area contributed by atoms with Gasteiger partial charge in [-0.2, -0.15) is 0 Å². The zero-order chi connectivity index (χ0) is 24.1. The molecule has 1 aliphatic rings. The van der Waals surface area contributed by atoms with Crippen LogP contribution in [-0.4, -0.2) is 19.0 Å². The van der Waals surface area contributed by atoms with Gasteiger partial charge in [-0.3, -0.25) is 4.79 Å². The number of rotatable bonds is 7. The highest BCUT2D eigenvalue weighted by Gasteiger charge is 2.31. The predicted molar refractivity (Wildman–Crippen MR) is 131 cm³/mol. The van der Waals surface area contributed by atoms with Crippen LogP contribution in [0.5, 0.6) is 11.5 Å². The summed E-state index contributed by atoms with van der Waals surface area (Å²) in [6, 6.07) is 20.8. The average Bonchev–Trinajstić information content (AvgIpc) is 2.83. The van der Waals surface area contributed by atoms with E-state index in [9.17, 15) is 9.59 Å². The second kappa shape index (κ2) is 10.3. The molecule has 174 valence electrons. The average molecular weight is 478 g/mol. The monoisotopic (exact) mass is 477 g/mol. The van der Waals surface area contributed by atoms with E-state index >= 15 is 0 Å². The van der Waals surface area contributed by atoms with Gasteiger partial charge in [0.25, 0.3) is 5.91 Å². The van der Waals surface area contributed by atoms with Crippen LogP contribution in [0.1, 0.15) is 24.1 Å². The van der Waals surface area contributed by atoms with Crippen molar-refractivity contribution in [1.82, 2.24) is 10.6 Å². The molecule has 0 aliphatic carbocycles. The third kappa shape index (κ3) is 5.32. The van der Waals surface area contributed by atoms with Crippen molar-refractivity contribution < 1.29 is 19.1 Å². The van der Waals surface area contributed by atoms with Gasteiger partial charge in [0.05, 0.1) is 18.7 Å². The summed E-state index contributed by atoms with van der Waals surface area (Å²) in [4.78, 5) is 25.4. The van der Waals surface area contributed by atoms with Gasteiger partial charge in [0, 0.05) is 16.4 Å². The van der Waals surface area contributed by atoms with Crippen LogP contribution in [-0.2, 0) is 11.4 Å². The van der Waals surface area contributed by atoms with Gasteiger partial charge in [0.1, 0.15) is 6.61 Å². The molecule has 0 fully saturated rings. The lowest BCUT2D eigenvalue weighted by molar-refractivity contribution is -0.113. The first kappa shape index (κ1) is 23.2. The van der Waals surface area contributed by atoms with Crippen molar-refractivity contribution in [3.05, 3.63) is 100 Å². The van der Waals surface area contributed by atoms with Crippen molar-refractivity contribution in [3.63, 3.8) is 0 Å². The van der Waals surface area contributed by atoms with E-state index in [1.807, 2.05) is 30.3 Å². The normalized spacial score (nSPS) is 15.3. The topological polar surface area (TPSA) is 88.7 Å². The molecule has 3 amide bonds. The summed E-state index contributed by atoms with van der Waals surface area (Å²) in [5, 5.41) is 9.06. The second-order valence-corrected chi connectivity index (χ2v) is 8.15. The molecule has 0 radical (unpaired) electrons. The minimum atomic E-state index is -0.670. The summed E-state index contributed by atoms with van der Waals surface area (Å²) in [6.07, 6.45) is 0. The Morgan fingerprint density at radius 1 is 1.03 bits per heavy atom. The molecule has 34 heavy (non-hydrogen) atoms. The van der Waals surface area contributed by atoms with Gasteiger partial charge >= 0.3 is 6.03 Å². The SMILES string of the molecule is COc1cc([C@H]2NC(=O)NC(C)=C2C(=O)Nc2ccccc2)ccc1OCc1ccc(Cl)cc1. The van der Waals surface area contributed by atoms with Crippen molar-refractivity contribution >= 4 is 29.2 Å². The molecule has 0 spiro atoms. The summed E-state index contributed by atoms with van der Waals surface area (Å²) in [5.41, 5.74) is 3.18. The van der Waals surface area contributed by atoms with Gasteiger partial charge in [-0.25, -0.2) is 4.79 Å². The van der Waals surface area contributed by atoms with E-state index in [4.69, 9.17) is 21.1 Å². The molecule has 8 heteroatoms. The van der Waals surface area contributed by atoms with Crippen LogP contribution in [0.3, 0.4) is 0 Å². The number of para-hydroxylation sites is 1. The van der Waals surface area contributed by atoms with Crippen LogP contribution in [0.15, 0.2) is 84.1 Å². The van der Waals surface area contributed by atoms with E-state index in [-0.39, 0.29) is 11.9 Å². The first-order valence-corrected chi connectivity index (χ1v) is 11.0. The van der Waals surface area contributed by atoms with Crippen LogP contribution in [0, 0.1) is 0 Å². The molecule has 4 rings (SSSR count). The Morgan fingerprint density at radius 2 is 1.76 bits per heavy atom. The number of carbonyl (C=O) groups is 2. The molecule has 3 N–H and O–H groups in total. The molecular formula is C26H24ClN3O4. The van der Waals surface area contributed by atoms with Crippen LogP contribution in [0.2, 0.25) is 5.02 Å². The van der Waals surface area contributed by atoms with Crippen molar-refractivity contribution in [2.45, 2.75) is 19.6 Å². The molecule has 0 bridgehead atoms. The Kier molecular flexibility index (Phi) is 7.04. The Morgan fingerprint density at radius 3 is 2.47 bits per heavy atom. The number of hydrogen-bond acceptors (Lipinski definition) is 4. The maximum absolute atomic E-state index is 13.1. The number of benzene rings is 3. The second-order valence-electron chi connectivity index (χ2n) is 7.72. The summed E-state index contributed by atoms with van der Waals surface area (Å²) in [5.74, 6) is 0.709. The molecule has 0 unspecified atom stereocenters. The van der Waals surface area contributed by atoms with Gasteiger partial charge in [-0.1, -0.05) is 48.0 Å². The number of ether oxygens (including phenoxy) is 2. The third-order valence-electron chi connectivity index (χ3n) is 5.37. The maximum atomic E-state index is 13.1. The van der Waals surface area contributed by atoms with Gasteiger partial charge in [0.2, 0.25) is 0 Å². The largest absolute Gasteiger partial charge is 0.493 e. The predicted octanol–water partition coefficient (Wildman–Crippen LogP) is 5.19. The molecule has 1 aliphatic heterocycles. The number of nitrogens with one attached hydrogen (secondary N) is 3.